The van der Waals surface area contributed by atoms with Crippen molar-refractivity contribution in [2.24, 2.45) is 4.99 Å². The summed E-state index contributed by atoms with van der Waals surface area (Å²) in [6.45, 7) is 0.279. The smallest absolute Gasteiger partial charge is 0.326 e. The maximum atomic E-state index is 11.3. The molecule has 0 amide bonds. The molecule has 1 aliphatic rings. The van der Waals surface area contributed by atoms with Gasteiger partial charge in [0.15, 0.2) is 5.65 Å². The molecule has 0 saturated heterocycles. The molecule has 12 nitrogen and oxygen atoms in total. The number of hydrogen-bond donors (Lipinski definition) is 6. The highest BCUT2D eigenvalue weighted by atomic mass is 16.3. The molecule has 1 saturated carbocycles. The number of imidazole rings is 1. The van der Waals surface area contributed by atoms with E-state index in [9.17, 15) is 9.90 Å². The summed E-state index contributed by atoms with van der Waals surface area (Å²) in [5.74, 6) is 0.00143. The van der Waals surface area contributed by atoms with E-state index in [1.54, 1.807) is 12.3 Å². The van der Waals surface area contributed by atoms with Crippen molar-refractivity contribution >= 4 is 17.7 Å². The summed E-state index contributed by atoms with van der Waals surface area (Å²) in [6, 6.07) is 0.230. The third-order valence-electron chi connectivity index (χ3n) is 3.70. The van der Waals surface area contributed by atoms with Gasteiger partial charge in [-0.1, -0.05) is 0 Å². The molecule has 12 heteroatoms. The molecule has 3 aromatic heterocycles. The van der Waals surface area contributed by atoms with Gasteiger partial charge in [-0.3, -0.25) is 10.4 Å². The zero-order chi connectivity index (χ0) is 18.1. The van der Waals surface area contributed by atoms with Crippen molar-refractivity contribution in [3.8, 4) is 5.88 Å². The summed E-state index contributed by atoms with van der Waals surface area (Å²) in [5.41, 5.74) is 6.15. The lowest BCUT2D eigenvalue weighted by atomic mass is 10.3. The molecule has 0 atom stereocenters. The number of nitrogens with zero attached hydrogens (tertiary/aromatic N) is 5. The zero-order valence-corrected chi connectivity index (χ0v) is 13.6. The van der Waals surface area contributed by atoms with Crippen molar-refractivity contribution in [1.82, 2.24) is 35.0 Å². The van der Waals surface area contributed by atoms with Gasteiger partial charge < -0.3 is 15.2 Å². The number of hydrogen-bond acceptors (Lipinski definition) is 9. The lowest BCUT2D eigenvalue weighted by Crippen LogP contribution is -2.30. The minimum Gasteiger partial charge on any atom is -0.493 e. The number of aromatic amines is 2. The van der Waals surface area contributed by atoms with Crippen molar-refractivity contribution < 1.29 is 10.2 Å². The van der Waals surface area contributed by atoms with Crippen LogP contribution in [-0.2, 0) is 0 Å². The van der Waals surface area contributed by atoms with E-state index in [0.29, 0.717) is 23.0 Å². The third kappa shape index (κ3) is 3.27. The summed E-state index contributed by atoms with van der Waals surface area (Å²) in [6.07, 6.45) is 5.12. The molecule has 0 bridgehead atoms. The Hall–Kier alpha value is -3.25. The fourth-order valence-corrected chi connectivity index (χ4v) is 2.33. The Balaban J connectivity index is 1.85. The number of fused-ring (bicyclic) bond motifs is 1. The highest BCUT2D eigenvalue weighted by Crippen LogP contribution is 2.22. The number of aliphatic hydroxyl groups is 1. The first-order chi connectivity index (χ1) is 12.6. The Morgan fingerprint density at radius 3 is 2.92 bits per heavy atom. The van der Waals surface area contributed by atoms with Crippen LogP contribution in [0.1, 0.15) is 18.5 Å². The molecule has 3 aromatic rings. The van der Waals surface area contributed by atoms with Gasteiger partial charge in [0, 0.05) is 11.8 Å². The molecule has 0 aliphatic heterocycles. The molecule has 0 unspecified atom stereocenters. The monoisotopic (exact) mass is 359 g/mol. The van der Waals surface area contributed by atoms with E-state index in [1.807, 2.05) is 0 Å². The highest BCUT2D eigenvalue weighted by Gasteiger charge is 2.20. The Morgan fingerprint density at radius 2 is 2.23 bits per heavy atom. The Labute approximate surface area is 145 Å². The van der Waals surface area contributed by atoms with Crippen LogP contribution in [0.25, 0.3) is 11.7 Å². The second kappa shape index (κ2) is 6.57. The van der Waals surface area contributed by atoms with Gasteiger partial charge in [0.2, 0.25) is 11.8 Å². The molecule has 1 fully saturated rings. The van der Waals surface area contributed by atoms with Crippen LogP contribution < -0.4 is 27.4 Å². The van der Waals surface area contributed by atoms with E-state index >= 15 is 0 Å². The van der Waals surface area contributed by atoms with Gasteiger partial charge in [-0.05, 0) is 18.9 Å². The van der Waals surface area contributed by atoms with Crippen LogP contribution in [-0.4, -0.2) is 59.0 Å². The first kappa shape index (κ1) is 16.2. The number of anilines is 1. The quantitative estimate of drug-likeness (QED) is 0.205. The number of aromatic hydroxyl groups is 1. The normalized spacial score (nSPS) is 15.9. The van der Waals surface area contributed by atoms with E-state index in [2.05, 4.69) is 40.9 Å². The van der Waals surface area contributed by atoms with Crippen LogP contribution >= 0.6 is 0 Å². The number of H-pyrrole nitrogens is 2. The number of rotatable bonds is 6. The van der Waals surface area contributed by atoms with Crippen LogP contribution in [0.5, 0.6) is 5.88 Å². The van der Waals surface area contributed by atoms with Crippen LogP contribution in [0.15, 0.2) is 16.0 Å². The summed E-state index contributed by atoms with van der Waals surface area (Å²) >= 11 is 0. The molecule has 0 spiro atoms. The van der Waals surface area contributed by atoms with Gasteiger partial charge in [0.1, 0.15) is 5.69 Å². The number of nitrogens with one attached hydrogen (secondary N) is 4. The maximum absolute atomic E-state index is 11.3. The van der Waals surface area contributed by atoms with Crippen LogP contribution in [0, 0.1) is 0 Å². The molecular weight excluding hydrogens is 342 g/mol. The molecule has 136 valence electrons. The Kier molecular flexibility index (Phi) is 4.10. The zero-order valence-electron chi connectivity index (χ0n) is 13.6. The fourth-order valence-electron chi connectivity index (χ4n) is 2.33. The maximum Gasteiger partial charge on any atom is 0.326 e. The highest BCUT2D eigenvalue weighted by molar-refractivity contribution is 5.56. The van der Waals surface area contributed by atoms with E-state index < -0.39 is 5.69 Å². The van der Waals surface area contributed by atoms with Gasteiger partial charge in [-0.2, -0.15) is 19.6 Å². The number of aliphatic hydroxyl groups excluding tert-OH is 1. The third-order valence-corrected chi connectivity index (χ3v) is 3.70. The topological polar surface area (TPSA) is 169 Å². The van der Waals surface area contributed by atoms with Gasteiger partial charge in [-0.25, -0.2) is 15.2 Å². The summed E-state index contributed by atoms with van der Waals surface area (Å²) in [5, 5.41) is 23.4. The van der Waals surface area contributed by atoms with Crippen molar-refractivity contribution in [3.63, 3.8) is 0 Å². The molecule has 0 aromatic carbocycles. The van der Waals surface area contributed by atoms with Gasteiger partial charge in [0.05, 0.1) is 18.8 Å². The average Bonchev–Trinajstić information content (AvgIpc) is 3.24. The first-order valence-electron chi connectivity index (χ1n) is 8.06. The lowest BCUT2D eigenvalue weighted by molar-refractivity contribution is 0.296. The molecular formula is C14H17N9O3. The summed E-state index contributed by atoms with van der Waals surface area (Å²) in [4.78, 5) is 29.3. The SMILES string of the molecule is O=c1[nH]c(O)c(/C=c2\cnn3c(=NC4CC4)nc(NNCCO)nc23)[nH]1. The van der Waals surface area contributed by atoms with E-state index in [0.717, 1.165) is 12.8 Å². The molecule has 0 radical (unpaired) electrons. The van der Waals surface area contributed by atoms with Crippen molar-refractivity contribution in [2.45, 2.75) is 18.9 Å². The second-order valence-corrected chi connectivity index (χ2v) is 5.80. The average molecular weight is 359 g/mol. The Morgan fingerprint density at radius 1 is 1.38 bits per heavy atom. The van der Waals surface area contributed by atoms with Crippen LogP contribution in [0.2, 0.25) is 0 Å². The largest absolute Gasteiger partial charge is 0.493 e. The molecule has 6 N–H and O–H groups in total. The van der Waals surface area contributed by atoms with Crippen LogP contribution in [0.4, 0.5) is 5.95 Å². The predicted molar refractivity (Wildman–Crippen MR) is 89.9 cm³/mol. The molecule has 4 rings (SSSR count). The number of hydrazine groups is 1. The van der Waals surface area contributed by atoms with E-state index in [1.165, 1.54) is 4.52 Å². The van der Waals surface area contributed by atoms with Crippen molar-refractivity contribution in [2.75, 3.05) is 18.6 Å². The van der Waals surface area contributed by atoms with Crippen LogP contribution in [0.3, 0.4) is 0 Å². The standard InChI is InChI=1S/C14H17N9O3/c24-4-3-15-22-12-19-10-7(5-9-11(25)20-14(26)18-9)6-16-23(10)13(21-12)17-8-1-2-8/h5-6,8,15,24-25H,1-4H2,(H,17,21,22)(H2,18,20,26)/b7-5+. The minimum absolute atomic E-state index is 0.0413. The minimum atomic E-state index is -0.514. The molecule has 3 heterocycles. The number of aromatic nitrogens is 6. The van der Waals surface area contributed by atoms with Crippen molar-refractivity contribution in [1.29, 1.82) is 0 Å². The van der Waals surface area contributed by atoms with E-state index in [-0.39, 0.29) is 30.2 Å². The van der Waals surface area contributed by atoms with Gasteiger partial charge in [-0.15, -0.1) is 0 Å². The Bertz CT molecular complexity index is 1110. The molecule has 1 aliphatic carbocycles. The molecule has 26 heavy (non-hydrogen) atoms. The van der Waals surface area contributed by atoms with Crippen molar-refractivity contribution in [3.05, 3.63) is 33.2 Å². The summed E-state index contributed by atoms with van der Waals surface area (Å²) in [7, 11) is 0. The first-order valence-corrected chi connectivity index (χ1v) is 8.06. The predicted octanol–water partition coefficient (Wildman–Crippen LogP) is -2.63. The second-order valence-electron chi connectivity index (χ2n) is 5.80. The fraction of sp³-hybridized carbons (Fsp3) is 0.357. The van der Waals surface area contributed by atoms with Gasteiger partial charge >= 0.3 is 5.69 Å². The lowest BCUT2D eigenvalue weighted by Gasteiger charge is -2.05. The summed E-state index contributed by atoms with van der Waals surface area (Å²) < 4.78 is 1.50. The van der Waals surface area contributed by atoms with E-state index in [4.69, 9.17) is 5.11 Å². The van der Waals surface area contributed by atoms with Gasteiger partial charge in [0.25, 0.3) is 5.62 Å².